The predicted molar refractivity (Wildman–Crippen MR) is 95.1 cm³/mol. The second-order valence-corrected chi connectivity index (χ2v) is 6.84. The molecule has 0 unspecified atom stereocenters. The summed E-state index contributed by atoms with van der Waals surface area (Å²) < 4.78 is 19.1. The van der Waals surface area contributed by atoms with Crippen molar-refractivity contribution in [3.63, 3.8) is 0 Å². The molecule has 25 heavy (non-hydrogen) atoms. The summed E-state index contributed by atoms with van der Waals surface area (Å²) in [5.41, 5.74) is 0.861. The molecule has 0 fully saturated rings. The molecule has 2 aromatic carbocycles. The molecule has 3 rings (SSSR count). The van der Waals surface area contributed by atoms with Crippen LogP contribution in [0.4, 0.5) is 10.1 Å². The van der Waals surface area contributed by atoms with Crippen LogP contribution in [0.2, 0.25) is 5.02 Å². The highest BCUT2D eigenvalue weighted by atomic mass is 35.5. The number of rotatable bonds is 5. The van der Waals surface area contributed by atoms with Crippen molar-refractivity contribution < 1.29 is 13.6 Å². The van der Waals surface area contributed by atoms with Gasteiger partial charge in [-0.05, 0) is 43.3 Å². The normalized spacial score (nSPS) is 12.0. The number of nitrogens with zero attached hydrogens (tertiary/aromatic N) is 2. The smallest absolute Gasteiger partial charge is 0.277 e. The van der Waals surface area contributed by atoms with Crippen molar-refractivity contribution in [2.45, 2.75) is 17.4 Å². The number of nitrogens with one attached hydrogen (secondary N) is 1. The molecule has 0 saturated carbocycles. The van der Waals surface area contributed by atoms with Crippen LogP contribution in [0.25, 0.3) is 11.5 Å². The summed E-state index contributed by atoms with van der Waals surface area (Å²) in [6, 6.07) is 12.9. The molecule has 1 amide bonds. The minimum atomic E-state index is -0.543. The van der Waals surface area contributed by atoms with E-state index < -0.39 is 11.1 Å². The van der Waals surface area contributed by atoms with Gasteiger partial charge < -0.3 is 9.73 Å². The van der Waals surface area contributed by atoms with Crippen LogP contribution in [0, 0.1) is 5.82 Å². The fourth-order valence-electron chi connectivity index (χ4n) is 1.97. The zero-order valence-electron chi connectivity index (χ0n) is 13.1. The Morgan fingerprint density at radius 3 is 2.64 bits per heavy atom. The molecule has 0 aliphatic carbocycles. The van der Waals surface area contributed by atoms with Gasteiger partial charge in [-0.15, -0.1) is 10.2 Å². The first-order chi connectivity index (χ1) is 12.0. The van der Waals surface area contributed by atoms with E-state index in [0.717, 1.165) is 17.3 Å². The summed E-state index contributed by atoms with van der Waals surface area (Å²) in [5.74, 6) is -0.516. The van der Waals surface area contributed by atoms with Crippen molar-refractivity contribution in [1.29, 1.82) is 0 Å². The summed E-state index contributed by atoms with van der Waals surface area (Å²) in [5, 5.41) is 10.7. The number of aromatic nitrogens is 2. The van der Waals surface area contributed by atoms with Gasteiger partial charge in [-0.1, -0.05) is 35.5 Å². The summed E-state index contributed by atoms with van der Waals surface area (Å²) in [6.07, 6.45) is 0. The number of halogens is 2. The van der Waals surface area contributed by atoms with Gasteiger partial charge in [0.1, 0.15) is 5.82 Å². The van der Waals surface area contributed by atoms with Crippen LogP contribution in [-0.4, -0.2) is 21.4 Å². The third-order valence-corrected chi connectivity index (χ3v) is 4.46. The zero-order chi connectivity index (χ0) is 17.8. The highest BCUT2D eigenvalue weighted by Crippen LogP contribution is 2.27. The van der Waals surface area contributed by atoms with E-state index in [-0.39, 0.29) is 16.8 Å². The molecule has 3 aromatic rings. The highest BCUT2D eigenvalue weighted by molar-refractivity contribution is 8.00. The Morgan fingerprint density at radius 1 is 1.20 bits per heavy atom. The maximum absolute atomic E-state index is 13.6. The summed E-state index contributed by atoms with van der Waals surface area (Å²) in [4.78, 5) is 12.2. The molecule has 8 heteroatoms. The number of amides is 1. The SMILES string of the molecule is C[C@@H](Sc1nnc(-c2ccc(Cl)cc2)o1)C(=O)Nc1ccccc1F. The van der Waals surface area contributed by atoms with Crippen LogP contribution in [0.15, 0.2) is 58.2 Å². The first-order valence-corrected chi connectivity index (χ1v) is 8.60. The van der Waals surface area contributed by atoms with Crippen molar-refractivity contribution in [3.8, 4) is 11.5 Å². The van der Waals surface area contributed by atoms with Crippen LogP contribution in [0.3, 0.4) is 0 Å². The van der Waals surface area contributed by atoms with Gasteiger partial charge in [0.05, 0.1) is 10.9 Å². The van der Waals surface area contributed by atoms with Gasteiger partial charge in [-0.3, -0.25) is 4.79 Å². The number of thioether (sulfide) groups is 1. The van der Waals surface area contributed by atoms with E-state index in [2.05, 4.69) is 15.5 Å². The lowest BCUT2D eigenvalue weighted by atomic mass is 10.2. The number of carbonyl (C=O) groups excluding carboxylic acids is 1. The Hall–Kier alpha value is -2.38. The first-order valence-electron chi connectivity index (χ1n) is 7.34. The van der Waals surface area contributed by atoms with Crippen molar-refractivity contribution in [2.75, 3.05) is 5.32 Å². The minimum absolute atomic E-state index is 0.132. The van der Waals surface area contributed by atoms with Crippen LogP contribution < -0.4 is 5.32 Å². The number of hydrogen-bond donors (Lipinski definition) is 1. The van der Waals surface area contributed by atoms with Gasteiger partial charge in [-0.25, -0.2) is 4.39 Å². The van der Waals surface area contributed by atoms with Crippen LogP contribution in [0.1, 0.15) is 6.92 Å². The fraction of sp³-hybridized carbons (Fsp3) is 0.118. The van der Waals surface area contributed by atoms with E-state index in [1.165, 1.54) is 12.1 Å². The molecule has 1 N–H and O–H groups in total. The van der Waals surface area contributed by atoms with Crippen molar-refractivity contribution in [1.82, 2.24) is 10.2 Å². The molecule has 0 aliphatic heterocycles. The Kier molecular flexibility index (Phi) is 5.35. The van der Waals surface area contributed by atoms with Gasteiger partial charge in [0.15, 0.2) is 0 Å². The van der Waals surface area contributed by atoms with Crippen LogP contribution >= 0.6 is 23.4 Å². The molecular formula is C17H13ClFN3O2S. The lowest BCUT2D eigenvalue weighted by molar-refractivity contribution is -0.115. The number of carbonyl (C=O) groups is 1. The topological polar surface area (TPSA) is 68.0 Å². The van der Waals surface area contributed by atoms with Gasteiger partial charge in [0.2, 0.25) is 11.8 Å². The van der Waals surface area contributed by atoms with Crippen molar-refractivity contribution in [2.24, 2.45) is 0 Å². The average Bonchev–Trinajstić information content (AvgIpc) is 3.06. The van der Waals surface area contributed by atoms with Gasteiger partial charge in [0, 0.05) is 10.6 Å². The molecule has 0 saturated heterocycles. The monoisotopic (exact) mass is 377 g/mol. The lowest BCUT2D eigenvalue weighted by Gasteiger charge is -2.10. The van der Waals surface area contributed by atoms with Gasteiger partial charge in [-0.2, -0.15) is 0 Å². The Labute approximate surface area is 152 Å². The maximum Gasteiger partial charge on any atom is 0.277 e. The predicted octanol–water partition coefficient (Wildman–Crippen LogP) is 4.65. The molecular weight excluding hydrogens is 365 g/mol. The number of hydrogen-bond acceptors (Lipinski definition) is 5. The Morgan fingerprint density at radius 2 is 1.92 bits per heavy atom. The number of benzene rings is 2. The third-order valence-electron chi connectivity index (χ3n) is 3.28. The third kappa shape index (κ3) is 4.37. The second kappa shape index (κ2) is 7.67. The van der Waals surface area contributed by atoms with E-state index in [4.69, 9.17) is 16.0 Å². The van der Waals surface area contributed by atoms with E-state index in [9.17, 15) is 9.18 Å². The molecule has 128 valence electrons. The first kappa shape index (κ1) is 17.4. The summed E-state index contributed by atoms with van der Waals surface area (Å²) >= 11 is 6.94. The van der Waals surface area contributed by atoms with E-state index in [1.54, 1.807) is 43.3 Å². The van der Waals surface area contributed by atoms with Crippen LogP contribution in [0.5, 0.6) is 0 Å². The van der Waals surface area contributed by atoms with Crippen molar-refractivity contribution >= 4 is 35.0 Å². The van der Waals surface area contributed by atoms with Crippen molar-refractivity contribution in [3.05, 3.63) is 59.4 Å². The fourth-order valence-corrected chi connectivity index (χ4v) is 2.78. The standard InChI is InChI=1S/C17H13ClFN3O2S/c1-10(15(23)20-14-5-3-2-4-13(14)19)25-17-22-21-16(24-17)11-6-8-12(18)9-7-11/h2-10H,1H3,(H,20,23)/t10-/m1/s1. The molecule has 0 spiro atoms. The molecule has 1 atom stereocenters. The highest BCUT2D eigenvalue weighted by Gasteiger charge is 2.19. The minimum Gasteiger partial charge on any atom is -0.411 e. The van der Waals surface area contributed by atoms with Gasteiger partial charge in [0.25, 0.3) is 5.22 Å². The molecule has 1 aromatic heterocycles. The Balaban J connectivity index is 1.65. The molecule has 0 bridgehead atoms. The van der Waals surface area contributed by atoms with Gasteiger partial charge >= 0.3 is 0 Å². The largest absolute Gasteiger partial charge is 0.411 e. The molecule has 0 radical (unpaired) electrons. The number of para-hydroxylation sites is 1. The molecule has 5 nitrogen and oxygen atoms in total. The Bertz CT molecular complexity index is 886. The van der Waals surface area contributed by atoms with Crippen LogP contribution in [-0.2, 0) is 4.79 Å². The van der Waals surface area contributed by atoms with E-state index >= 15 is 0 Å². The lowest BCUT2D eigenvalue weighted by Crippen LogP contribution is -2.22. The van der Waals surface area contributed by atoms with E-state index in [0.29, 0.717) is 10.9 Å². The summed E-state index contributed by atoms with van der Waals surface area (Å²) in [7, 11) is 0. The number of anilines is 1. The zero-order valence-corrected chi connectivity index (χ0v) is 14.6. The molecule has 0 aliphatic rings. The molecule has 1 heterocycles. The maximum atomic E-state index is 13.6. The summed E-state index contributed by atoms with van der Waals surface area (Å²) in [6.45, 7) is 1.67. The second-order valence-electron chi connectivity index (χ2n) is 5.11. The average molecular weight is 378 g/mol. The van der Waals surface area contributed by atoms with E-state index in [1.807, 2.05) is 0 Å². The quantitative estimate of drug-likeness (QED) is 0.655.